The van der Waals surface area contributed by atoms with E-state index in [-0.39, 0.29) is 0 Å². The molecule has 62 valence electrons. The largest absolute Gasteiger partial charge is 0.383 e. The Balaban J connectivity index is 2.36. The van der Waals surface area contributed by atoms with Crippen molar-refractivity contribution in [3.8, 4) is 0 Å². The Kier molecular flexibility index (Phi) is 3.48. The Morgan fingerprint density at radius 2 is 2.64 bits per heavy atom. The molecule has 0 radical (unpaired) electrons. The fraction of sp³-hybridized carbons (Fsp3) is 0.571. The summed E-state index contributed by atoms with van der Waals surface area (Å²) in [5.74, 6) is 0. The van der Waals surface area contributed by atoms with Gasteiger partial charge in [0, 0.05) is 18.2 Å². The number of thiazole rings is 1. The predicted octanol–water partition coefficient (Wildman–Crippen LogP) is 1.21. The van der Waals surface area contributed by atoms with Crippen LogP contribution < -0.4 is 0 Å². The van der Waals surface area contributed by atoms with E-state index in [1.165, 1.54) is 11.3 Å². The molecule has 0 aromatic carbocycles. The zero-order valence-corrected chi connectivity index (χ0v) is 7.17. The first-order chi connectivity index (χ1) is 5.34. The highest BCUT2D eigenvalue weighted by Crippen LogP contribution is 2.14. The topological polar surface area (TPSA) is 42.4 Å². The highest BCUT2D eigenvalue weighted by molar-refractivity contribution is 7.09. The lowest BCUT2D eigenvalue weighted by molar-refractivity contribution is 0.0419. The van der Waals surface area contributed by atoms with Gasteiger partial charge >= 0.3 is 0 Å². The summed E-state index contributed by atoms with van der Waals surface area (Å²) in [4.78, 5) is 3.96. The van der Waals surface area contributed by atoms with Crippen molar-refractivity contribution in [2.24, 2.45) is 0 Å². The first-order valence-electron chi connectivity index (χ1n) is 3.49. The summed E-state index contributed by atoms with van der Waals surface area (Å²) in [6, 6.07) is 0. The quantitative estimate of drug-likeness (QED) is 0.744. The molecule has 0 saturated heterocycles. The molecule has 0 bridgehead atoms. The van der Waals surface area contributed by atoms with Gasteiger partial charge in [-0.2, -0.15) is 0 Å². The summed E-state index contributed by atoms with van der Waals surface area (Å²) >= 11 is 1.44. The standard InChI is InChI=1S/C7H11NO2S/c1-2-10-5-6(9)7-8-3-4-11-7/h3-4,6,9H,2,5H2,1H3. The molecule has 1 heterocycles. The lowest BCUT2D eigenvalue weighted by Crippen LogP contribution is -2.06. The SMILES string of the molecule is CCOCC(O)c1nccs1. The fourth-order valence-electron chi connectivity index (χ4n) is 0.700. The third kappa shape index (κ3) is 2.57. The van der Waals surface area contributed by atoms with Crippen LogP contribution in [0, 0.1) is 0 Å². The van der Waals surface area contributed by atoms with E-state index < -0.39 is 6.10 Å². The van der Waals surface area contributed by atoms with Gasteiger partial charge in [-0.3, -0.25) is 0 Å². The van der Waals surface area contributed by atoms with Gasteiger partial charge in [0.1, 0.15) is 11.1 Å². The maximum Gasteiger partial charge on any atom is 0.129 e. The van der Waals surface area contributed by atoms with Gasteiger partial charge in [0.15, 0.2) is 0 Å². The number of rotatable bonds is 4. The fourth-order valence-corrected chi connectivity index (χ4v) is 1.31. The van der Waals surface area contributed by atoms with Gasteiger partial charge in [0.2, 0.25) is 0 Å². The normalized spacial score (nSPS) is 13.3. The zero-order chi connectivity index (χ0) is 8.10. The van der Waals surface area contributed by atoms with Gasteiger partial charge in [-0.15, -0.1) is 11.3 Å². The lowest BCUT2D eigenvalue weighted by atomic mass is 10.4. The summed E-state index contributed by atoms with van der Waals surface area (Å²) in [6.07, 6.45) is 1.12. The molecule has 0 amide bonds. The summed E-state index contributed by atoms with van der Waals surface area (Å²) in [6.45, 7) is 2.86. The van der Waals surface area contributed by atoms with Crippen LogP contribution in [0.2, 0.25) is 0 Å². The average molecular weight is 173 g/mol. The molecular weight excluding hydrogens is 162 g/mol. The van der Waals surface area contributed by atoms with Crippen LogP contribution in [0.1, 0.15) is 18.0 Å². The smallest absolute Gasteiger partial charge is 0.129 e. The molecule has 0 fully saturated rings. The third-order valence-electron chi connectivity index (χ3n) is 1.22. The second kappa shape index (κ2) is 4.43. The average Bonchev–Trinajstić information content (AvgIpc) is 2.52. The summed E-state index contributed by atoms with van der Waals surface area (Å²) < 4.78 is 5.04. The van der Waals surface area contributed by atoms with E-state index in [0.29, 0.717) is 13.2 Å². The molecule has 1 atom stereocenters. The molecule has 0 saturated carbocycles. The Morgan fingerprint density at radius 1 is 1.82 bits per heavy atom. The molecule has 1 unspecified atom stereocenters. The molecular formula is C7H11NO2S. The van der Waals surface area contributed by atoms with Crippen molar-refractivity contribution in [3.63, 3.8) is 0 Å². The summed E-state index contributed by atoms with van der Waals surface area (Å²) in [5.41, 5.74) is 0. The molecule has 0 aliphatic carbocycles. The number of aromatic nitrogens is 1. The van der Waals surface area contributed by atoms with Crippen LogP contribution in [0.25, 0.3) is 0 Å². The van der Waals surface area contributed by atoms with E-state index in [4.69, 9.17) is 4.74 Å². The lowest BCUT2D eigenvalue weighted by Gasteiger charge is -2.05. The molecule has 1 aromatic heterocycles. The number of hydrogen-bond acceptors (Lipinski definition) is 4. The maximum atomic E-state index is 9.36. The van der Waals surface area contributed by atoms with E-state index in [1.54, 1.807) is 6.20 Å². The van der Waals surface area contributed by atoms with Crippen LogP contribution in [0.3, 0.4) is 0 Å². The molecule has 1 rings (SSSR count). The second-order valence-electron chi connectivity index (χ2n) is 2.05. The number of hydrogen-bond donors (Lipinski definition) is 1. The van der Waals surface area contributed by atoms with Gasteiger partial charge in [-0.1, -0.05) is 0 Å². The molecule has 11 heavy (non-hydrogen) atoms. The Labute approximate surface area is 69.7 Å². The Morgan fingerprint density at radius 3 is 3.18 bits per heavy atom. The molecule has 4 heteroatoms. The molecule has 1 N–H and O–H groups in total. The van der Waals surface area contributed by atoms with Crippen molar-refractivity contribution in [2.45, 2.75) is 13.0 Å². The zero-order valence-electron chi connectivity index (χ0n) is 6.36. The van der Waals surface area contributed by atoms with Crippen LogP contribution in [-0.4, -0.2) is 23.3 Å². The van der Waals surface area contributed by atoms with Gasteiger partial charge in [0.05, 0.1) is 6.61 Å². The molecule has 0 aliphatic rings. The summed E-state index contributed by atoms with van der Waals surface area (Å²) in [7, 11) is 0. The van der Waals surface area contributed by atoms with Crippen LogP contribution in [0.4, 0.5) is 0 Å². The predicted molar refractivity (Wildman–Crippen MR) is 43.6 cm³/mol. The summed E-state index contributed by atoms with van der Waals surface area (Å²) in [5, 5.41) is 11.9. The number of aliphatic hydroxyl groups excluding tert-OH is 1. The molecule has 3 nitrogen and oxygen atoms in total. The van der Waals surface area contributed by atoms with Gasteiger partial charge in [0.25, 0.3) is 0 Å². The monoisotopic (exact) mass is 173 g/mol. The van der Waals surface area contributed by atoms with Crippen LogP contribution in [-0.2, 0) is 4.74 Å². The van der Waals surface area contributed by atoms with Gasteiger partial charge in [-0.05, 0) is 6.92 Å². The van der Waals surface area contributed by atoms with Crippen LogP contribution in [0.5, 0.6) is 0 Å². The number of ether oxygens (including phenoxy) is 1. The highest BCUT2D eigenvalue weighted by Gasteiger charge is 2.08. The van der Waals surface area contributed by atoms with E-state index in [0.717, 1.165) is 5.01 Å². The number of nitrogens with zero attached hydrogens (tertiary/aromatic N) is 1. The van der Waals surface area contributed by atoms with Gasteiger partial charge < -0.3 is 9.84 Å². The number of aliphatic hydroxyl groups is 1. The van der Waals surface area contributed by atoms with E-state index in [9.17, 15) is 5.11 Å². The Bertz CT molecular complexity index is 188. The first kappa shape index (κ1) is 8.64. The second-order valence-corrected chi connectivity index (χ2v) is 2.97. The van der Waals surface area contributed by atoms with Crippen molar-refractivity contribution >= 4 is 11.3 Å². The third-order valence-corrected chi connectivity index (χ3v) is 2.09. The van der Waals surface area contributed by atoms with Crippen molar-refractivity contribution in [1.29, 1.82) is 0 Å². The van der Waals surface area contributed by atoms with E-state index in [1.807, 2.05) is 12.3 Å². The molecule has 0 aliphatic heterocycles. The van der Waals surface area contributed by atoms with Crippen molar-refractivity contribution < 1.29 is 9.84 Å². The first-order valence-corrected chi connectivity index (χ1v) is 4.37. The molecule has 1 aromatic rings. The van der Waals surface area contributed by atoms with Crippen molar-refractivity contribution in [1.82, 2.24) is 4.98 Å². The van der Waals surface area contributed by atoms with Crippen LogP contribution >= 0.6 is 11.3 Å². The maximum absolute atomic E-state index is 9.36. The van der Waals surface area contributed by atoms with E-state index >= 15 is 0 Å². The van der Waals surface area contributed by atoms with E-state index in [2.05, 4.69) is 4.98 Å². The van der Waals surface area contributed by atoms with Crippen LogP contribution in [0.15, 0.2) is 11.6 Å². The van der Waals surface area contributed by atoms with Crippen molar-refractivity contribution in [2.75, 3.05) is 13.2 Å². The minimum absolute atomic E-state index is 0.337. The molecule has 0 spiro atoms. The van der Waals surface area contributed by atoms with Gasteiger partial charge in [-0.25, -0.2) is 4.98 Å². The minimum Gasteiger partial charge on any atom is -0.383 e. The minimum atomic E-state index is -0.560. The highest BCUT2D eigenvalue weighted by atomic mass is 32.1. The Hall–Kier alpha value is -0.450. The van der Waals surface area contributed by atoms with Crippen molar-refractivity contribution in [3.05, 3.63) is 16.6 Å².